The maximum absolute atomic E-state index is 5.54. The van der Waals surface area contributed by atoms with E-state index in [1.54, 1.807) is 11.8 Å². The Morgan fingerprint density at radius 2 is 2.00 bits per heavy atom. The van der Waals surface area contributed by atoms with Crippen molar-refractivity contribution in [1.82, 2.24) is 20.0 Å². The van der Waals surface area contributed by atoms with E-state index in [9.17, 15) is 0 Å². The second-order valence-corrected chi connectivity index (χ2v) is 6.01. The van der Waals surface area contributed by atoms with Crippen molar-refractivity contribution in [2.45, 2.75) is 10.1 Å². The van der Waals surface area contributed by atoms with E-state index in [-0.39, 0.29) is 0 Å². The Kier molecular flexibility index (Phi) is 3.47. The predicted molar refractivity (Wildman–Crippen MR) is 77.4 cm³/mol. The molecular formula is C12H11N5S2. The predicted octanol–water partition coefficient (Wildman–Crippen LogP) is 2.60. The summed E-state index contributed by atoms with van der Waals surface area (Å²) in [4.78, 5) is 0. The maximum Gasteiger partial charge on any atom is 0.203 e. The monoisotopic (exact) mass is 289 g/mol. The van der Waals surface area contributed by atoms with Crippen LogP contribution < -0.4 is 5.73 Å². The molecule has 2 N–H and O–H groups in total. The Bertz CT molecular complexity index is 662. The van der Waals surface area contributed by atoms with E-state index in [0.717, 1.165) is 21.5 Å². The molecule has 3 rings (SSSR count). The molecule has 7 heteroatoms. The number of anilines is 1. The Hall–Kier alpha value is -1.86. The largest absolute Gasteiger partial charge is 0.374 e. The lowest BCUT2D eigenvalue weighted by Gasteiger charge is -1.99. The highest BCUT2D eigenvalue weighted by Crippen LogP contribution is 2.26. The van der Waals surface area contributed by atoms with Crippen LogP contribution in [0.1, 0.15) is 5.69 Å². The fourth-order valence-corrected chi connectivity index (χ4v) is 3.11. The van der Waals surface area contributed by atoms with Gasteiger partial charge in [-0.1, -0.05) is 41.3 Å². The fourth-order valence-electron chi connectivity index (χ4n) is 1.58. The molecule has 0 unspecified atom stereocenters. The number of rotatable bonds is 4. The van der Waals surface area contributed by atoms with Crippen molar-refractivity contribution in [3.8, 4) is 5.69 Å². The first kappa shape index (κ1) is 12.2. The number of benzene rings is 1. The van der Waals surface area contributed by atoms with Crippen LogP contribution in [0, 0.1) is 0 Å². The smallest absolute Gasteiger partial charge is 0.203 e. The molecule has 0 atom stereocenters. The number of hydrogen-bond donors (Lipinski definition) is 1. The van der Waals surface area contributed by atoms with Crippen LogP contribution in [0.4, 0.5) is 5.13 Å². The molecule has 1 aromatic carbocycles. The van der Waals surface area contributed by atoms with Gasteiger partial charge in [0.25, 0.3) is 0 Å². The van der Waals surface area contributed by atoms with Crippen LogP contribution in [-0.4, -0.2) is 20.0 Å². The van der Waals surface area contributed by atoms with Gasteiger partial charge in [-0.3, -0.25) is 0 Å². The van der Waals surface area contributed by atoms with Crippen LogP contribution in [-0.2, 0) is 5.75 Å². The van der Waals surface area contributed by atoms with Gasteiger partial charge in [-0.25, -0.2) is 4.68 Å². The molecule has 0 saturated carbocycles. The lowest BCUT2D eigenvalue weighted by molar-refractivity contribution is 0.859. The summed E-state index contributed by atoms with van der Waals surface area (Å²) in [6, 6.07) is 12.0. The van der Waals surface area contributed by atoms with E-state index in [1.807, 2.05) is 47.3 Å². The summed E-state index contributed by atoms with van der Waals surface area (Å²) in [6.07, 6.45) is 1.96. The Balaban J connectivity index is 1.68. The zero-order chi connectivity index (χ0) is 13.1. The first-order valence-electron chi connectivity index (χ1n) is 5.63. The topological polar surface area (TPSA) is 69.6 Å². The van der Waals surface area contributed by atoms with E-state index in [0.29, 0.717) is 5.13 Å². The molecule has 0 aliphatic heterocycles. The second-order valence-electron chi connectivity index (χ2n) is 3.78. The number of hydrogen-bond acceptors (Lipinski definition) is 6. The van der Waals surface area contributed by atoms with Gasteiger partial charge < -0.3 is 5.73 Å². The van der Waals surface area contributed by atoms with Gasteiger partial charge >= 0.3 is 0 Å². The molecular weight excluding hydrogens is 278 g/mol. The molecule has 0 aliphatic rings. The van der Waals surface area contributed by atoms with Gasteiger partial charge in [0.15, 0.2) is 4.34 Å². The third-order valence-corrected chi connectivity index (χ3v) is 4.35. The van der Waals surface area contributed by atoms with Crippen LogP contribution in [0.15, 0.2) is 46.9 Å². The van der Waals surface area contributed by atoms with Gasteiger partial charge in [-0.15, -0.1) is 10.2 Å². The first-order valence-corrected chi connectivity index (χ1v) is 7.43. The van der Waals surface area contributed by atoms with E-state index >= 15 is 0 Å². The van der Waals surface area contributed by atoms with E-state index in [4.69, 9.17) is 5.73 Å². The molecule has 19 heavy (non-hydrogen) atoms. The van der Waals surface area contributed by atoms with Crippen LogP contribution in [0.3, 0.4) is 0 Å². The molecule has 0 amide bonds. The number of nitrogen functional groups attached to an aromatic ring is 1. The number of nitrogens with zero attached hydrogens (tertiary/aromatic N) is 4. The highest BCUT2D eigenvalue weighted by atomic mass is 32.2. The van der Waals surface area contributed by atoms with Gasteiger partial charge in [0.2, 0.25) is 5.13 Å². The molecule has 96 valence electrons. The zero-order valence-electron chi connectivity index (χ0n) is 9.93. The maximum atomic E-state index is 5.54. The molecule has 0 saturated heterocycles. The summed E-state index contributed by atoms with van der Waals surface area (Å²) >= 11 is 2.99. The molecule has 5 nitrogen and oxygen atoms in total. The summed E-state index contributed by atoms with van der Waals surface area (Å²) in [5.74, 6) is 0.758. The average Bonchev–Trinajstić information content (AvgIpc) is 3.06. The van der Waals surface area contributed by atoms with Gasteiger partial charge in [-0.05, 0) is 18.2 Å². The summed E-state index contributed by atoms with van der Waals surface area (Å²) in [5.41, 5.74) is 7.60. The third-order valence-electron chi connectivity index (χ3n) is 2.43. The lowest BCUT2D eigenvalue weighted by Crippen LogP contribution is -1.94. The number of para-hydroxylation sites is 1. The Morgan fingerprint density at radius 3 is 2.74 bits per heavy atom. The van der Waals surface area contributed by atoms with Crippen molar-refractivity contribution in [3.63, 3.8) is 0 Å². The molecule has 0 spiro atoms. The number of aromatic nitrogens is 4. The highest BCUT2D eigenvalue weighted by Gasteiger charge is 2.05. The molecule has 3 aromatic rings. The molecule has 2 heterocycles. The van der Waals surface area contributed by atoms with E-state index in [2.05, 4.69) is 15.3 Å². The highest BCUT2D eigenvalue weighted by molar-refractivity contribution is 8.00. The van der Waals surface area contributed by atoms with Crippen molar-refractivity contribution in [2.75, 3.05) is 5.73 Å². The number of thioether (sulfide) groups is 1. The summed E-state index contributed by atoms with van der Waals surface area (Å²) in [6.45, 7) is 0. The minimum Gasteiger partial charge on any atom is -0.374 e. The van der Waals surface area contributed by atoms with Crippen LogP contribution in [0.2, 0.25) is 0 Å². The minimum absolute atomic E-state index is 0.498. The van der Waals surface area contributed by atoms with E-state index < -0.39 is 0 Å². The molecule has 0 bridgehead atoms. The first-order chi connectivity index (χ1) is 9.31. The van der Waals surface area contributed by atoms with Crippen molar-refractivity contribution in [2.24, 2.45) is 0 Å². The second kappa shape index (κ2) is 5.41. The lowest BCUT2D eigenvalue weighted by atomic mass is 10.3. The van der Waals surface area contributed by atoms with Crippen LogP contribution >= 0.6 is 23.1 Å². The van der Waals surface area contributed by atoms with Crippen LogP contribution in [0.25, 0.3) is 5.69 Å². The molecule has 0 radical (unpaired) electrons. The average molecular weight is 289 g/mol. The summed E-state index contributed by atoms with van der Waals surface area (Å²) < 4.78 is 2.73. The van der Waals surface area contributed by atoms with Crippen molar-refractivity contribution < 1.29 is 0 Å². The molecule has 0 fully saturated rings. The molecule has 0 aliphatic carbocycles. The van der Waals surface area contributed by atoms with Crippen molar-refractivity contribution >= 4 is 28.2 Å². The zero-order valence-corrected chi connectivity index (χ0v) is 11.6. The standard InChI is InChI=1S/C12H11N5S2/c13-11-14-15-12(19-11)18-8-9-6-7-17(16-9)10-4-2-1-3-5-10/h1-7H,8H2,(H2,13,14). The SMILES string of the molecule is Nc1nnc(SCc2ccn(-c3ccccc3)n2)s1. The quantitative estimate of drug-likeness (QED) is 0.748. The van der Waals surface area contributed by atoms with Gasteiger partial charge in [0, 0.05) is 11.9 Å². The fraction of sp³-hybridized carbons (Fsp3) is 0.0833. The Labute approximate surface area is 118 Å². The van der Waals surface area contributed by atoms with Gasteiger partial charge in [0.1, 0.15) is 0 Å². The molecule has 2 aromatic heterocycles. The number of nitrogens with two attached hydrogens (primary N) is 1. The van der Waals surface area contributed by atoms with Gasteiger partial charge in [-0.2, -0.15) is 5.10 Å². The third kappa shape index (κ3) is 2.94. The normalized spacial score (nSPS) is 10.7. The van der Waals surface area contributed by atoms with E-state index in [1.165, 1.54) is 11.3 Å². The van der Waals surface area contributed by atoms with Crippen molar-refractivity contribution in [3.05, 3.63) is 48.3 Å². The van der Waals surface area contributed by atoms with Crippen molar-refractivity contribution in [1.29, 1.82) is 0 Å². The van der Waals surface area contributed by atoms with Gasteiger partial charge in [0.05, 0.1) is 11.4 Å². The van der Waals surface area contributed by atoms with Crippen LogP contribution in [0.5, 0.6) is 0 Å². The minimum atomic E-state index is 0.498. The summed E-state index contributed by atoms with van der Waals surface area (Å²) in [7, 11) is 0. The Morgan fingerprint density at radius 1 is 1.16 bits per heavy atom. The summed E-state index contributed by atoms with van der Waals surface area (Å²) in [5, 5.41) is 12.8.